The van der Waals surface area contributed by atoms with Gasteiger partial charge in [0, 0.05) is 16.3 Å². The lowest BCUT2D eigenvalue weighted by Gasteiger charge is -2.12. The third-order valence-corrected chi connectivity index (χ3v) is 6.63. The van der Waals surface area contributed by atoms with Gasteiger partial charge in [-0.2, -0.15) is 0 Å². The normalized spacial score (nSPS) is 10.7. The van der Waals surface area contributed by atoms with Gasteiger partial charge in [0.15, 0.2) is 11.0 Å². The quantitative estimate of drug-likeness (QED) is 0.297. The van der Waals surface area contributed by atoms with E-state index in [1.165, 1.54) is 11.8 Å². The van der Waals surface area contributed by atoms with Gasteiger partial charge in [-0.25, -0.2) is 0 Å². The molecule has 3 rings (SSSR count). The third-order valence-electron chi connectivity index (χ3n) is 4.99. The maximum Gasteiger partial charge on any atom is 0.234 e. The van der Waals surface area contributed by atoms with Crippen LogP contribution in [0.15, 0.2) is 41.6 Å². The van der Waals surface area contributed by atoms with Crippen LogP contribution in [0.1, 0.15) is 22.5 Å². The zero-order valence-electron chi connectivity index (χ0n) is 18.9. The summed E-state index contributed by atoms with van der Waals surface area (Å²) in [7, 11) is 3.42. The van der Waals surface area contributed by atoms with Crippen LogP contribution in [0.2, 0.25) is 0 Å². The van der Waals surface area contributed by atoms with E-state index >= 15 is 0 Å². The Kier molecular flexibility index (Phi) is 8.73. The number of nitrogens with one attached hydrogen (secondary N) is 2. The van der Waals surface area contributed by atoms with Crippen molar-refractivity contribution in [2.45, 2.75) is 32.0 Å². The summed E-state index contributed by atoms with van der Waals surface area (Å²) >= 11 is 3.57. The van der Waals surface area contributed by atoms with E-state index in [4.69, 9.17) is 4.74 Å². The molecule has 0 spiro atoms. The molecule has 2 N–H and O–H groups in total. The van der Waals surface area contributed by atoms with Crippen molar-refractivity contribution in [3.05, 3.63) is 62.5 Å². The summed E-state index contributed by atoms with van der Waals surface area (Å²) in [6.45, 7) is 4.22. The van der Waals surface area contributed by atoms with Crippen molar-refractivity contribution in [1.29, 1.82) is 0 Å². The lowest BCUT2D eigenvalue weighted by Crippen LogP contribution is -2.26. The fourth-order valence-electron chi connectivity index (χ4n) is 3.21. The molecule has 0 aliphatic heterocycles. The summed E-state index contributed by atoms with van der Waals surface area (Å²) in [5.74, 6) is 1.36. The third kappa shape index (κ3) is 6.94. The van der Waals surface area contributed by atoms with Crippen molar-refractivity contribution in [1.82, 2.24) is 20.1 Å². The van der Waals surface area contributed by atoms with Crippen molar-refractivity contribution >= 4 is 51.9 Å². The number of carbonyl (C=O) groups excluding carboxylic acids is 2. The number of rotatable bonds is 9. The number of nitrogens with zero attached hydrogens (tertiary/aromatic N) is 3. The average molecular weight is 579 g/mol. The Bertz CT molecular complexity index is 1120. The zero-order chi connectivity index (χ0) is 24.0. The molecule has 1 heterocycles. The SMILES string of the molecule is COc1ccc(CC(=O)NCc2nnc(SCC(=O)Nc3c(C)cc(I)cc3C)n2C)cc1. The topological polar surface area (TPSA) is 98.1 Å². The van der Waals surface area contributed by atoms with E-state index < -0.39 is 0 Å². The predicted octanol–water partition coefficient (Wildman–Crippen LogP) is 3.63. The monoisotopic (exact) mass is 579 g/mol. The molecular formula is C23H26IN5O3S. The first-order chi connectivity index (χ1) is 15.8. The molecule has 0 saturated heterocycles. The van der Waals surface area contributed by atoms with Gasteiger partial charge < -0.3 is 19.9 Å². The number of methoxy groups -OCH3 is 1. The van der Waals surface area contributed by atoms with Gasteiger partial charge in [0.2, 0.25) is 11.8 Å². The molecule has 0 saturated carbocycles. The molecule has 33 heavy (non-hydrogen) atoms. The van der Waals surface area contributed by atoms with Gasteiger partial charge in [0.25, 0.3) is 0 Å². The minimum Gasteiger partial charge on any atom is -0.497 e. The van der Waals surface area contributed by atoms with Crippen LogP contribution in [0.5, 0.6) is 5.75 Å². The Morgan fingerprint density at radius 3 is 2.39 bits per heavy atom. The fraction of sp³-hybridized carbons (Fsp3) is 0.304. The molecule has 2 amide bonds. The van der Waals surface area contributed by atoms with Crippen LogP contribution in [0, 0.1) is 17.4 Å². The van der Waals surface area contributed by atoms with E-state index in [0.717, 1.165) is 31.7 Å². The number of hydrogen-bond donors (Lipinski definition) is 2. The Hall–Kier alpha value is -2.60. The number of carbonyl (C=O) groups is 2. The van der Waals surface area contributed by atoms with Gasteiger partial charge in [-0.3, -0.25) is 9.59 Å². The second-order valence-electron chi connectivity index (χ2n) is 7.51. The van der Waals surface area contributed by atoms with Gasteiger partial charge >= 0.3 is 0 Å². The number of halogens is 1. The molecule has 0 bridgehead atoms. The molecule has 10 heteroatoms. The fourth-order valence-corrected chi connectivity index (χ4v) is 4.87. The predicted molar refractivity (Wildman–Crippen MR) is 138 cm³/mol. The molecule has 0 aliphatic rings. The summed E-state index contributed by atoms with van der Waals surface area (Å²) < 4.78 is 8.05. The Morgan fingerprint density at radius 1 is 1.09 bits per heavy atom. The van der Waals surface area contributed by atoms with E-state index in [9.17, 15) is 9.59 Å². The summed E-state index contributed by atoms with van der Waals surface area (Å²) in [4.78, 5) is 24.7. The van der Waals surface area contributed by atoms with Crippen molar-refractivity contribution < 1.29 is 14.3 Å². The molecule has 0 fully saturated rings. The van der Waals surface area contributed by atoms with Crippen LogP contribution in [0.3, 0.4) is 0 Å². The van der Waals surface area contributed by atoms with E-state index in [1.54, 1.807) is 11.7 Å². The minimum absolute atomic E-state index is 0.107. The van der Waals surface area contributed by atoms with E-state index in [1.807, 2.05) is 57.3 Å². The molecular weight excluding hydrogens is 553 g/mol. The number of benzene rings is 2. The Morgan fingerprint density at radius 2 is 1.76 bits per heavy atom. The van der Waals surface area contributed by atoms with E-state index in [-0.39, 0.29) is 30.5 Å². The first-order valence-corrected chi connectivity index (χ1v) is 12.3. The maximum absolute atomic E-state index is 12.5. The van der Waals surface area contributed by atoms with E-state index in [0.29, 0.717) is 11.0 Å². The van der Waals surface area contributed by atoms with Gasteiger partial charge in [-0.1, -0.05) is 23.9 Å². The van der Waals surface area contributed by atoms with Crippen molar-refractivity contribution in [2.75, 3.05) is 18.2 Å². The summed E-state index contributed by atoms with van der Waals surface area (Å²) in [6, 6.07) is 11.4. The van der Waals surface area contributed by atoms with Crippen LogP contribution in [0.25, 0.3) is 0 Å². The van der Waals surface area contributed by atoms with Gasteiger partial charge in [0.05, 0.1) is 25.8 Å². The van der Waals surface area contributed by atoms with Crippen LogP contribution in [-0.4, -0.2) is 39.4 Å². The number of hydrogen-bond acceptors (Lipinski definition) is 6. The highest BCUT2D eigenvalue weighted by Crippen LogP contribution is 2.24. The zero-order valence-corrected chi connectivity index (χ0v) is 21.9. The summed E-state index contributed by atoms with van der Waals surface area (Å²) in [5.41, 5.74) is 3.81. The average Bonchev–Trinajstić information content (AvgIpc) is 3.13. The minimum atomic E-state index is -0.111. The first-order valence-electron chi connectivity index (χ1n) is 10.2. The number of anilines is 1. The highest BCUT2D eigenvalue weighted by molar-refractivity contribution is 14.1. The van der Waals surface area contributed by atoms with Gasteiger partial charge in [-0.05, 0) is 77.4 Å². The number of aryl methyl sites for hydroxylation is 2. The highest BCUT2D eigenvalue weighted by atomic mass is 127. The van der Waals surface area contributed by atoms with Crippen molar-refractivity contribution in [3.63, 3.8) is 0 Å². The molecule has 0 atom stereocenters. The lowest BCUT2D eigenvalue weighted by atomic mass is 10.1. The molecule has 8 nitrogen and oxygen atoms in total. The summed E-state index contributed by atoms with van der Waals surface area (Å²) in [5, 5.41) is 14.8. The van der Waals surface area contributed by atoms with Crippen LogP contribution in [-0.2, 0) is 29.6 Å². The van der Waals surface area contributed by atoms with Crippen molar-refractivity contribution in [3.8, 4) is 5.75 Å². The van der Waals surface area contributed by atoms with Gasteiger partial charge in [-0.15, -0.1) is 10.2 Å². The number of aromatic nitrogens is 3. The Balaban J connectivity index is 1.50. The van der Waals surface area contributed by atoms with Gasteiger partial charge in [0.1, 0.15) is 5.75 Å². The molecule has 0 aliphatic carbocycles. The van der Waals surface area contributed by atoms with Crippen molar-refractivity contribution in [2.24, 2.45) is 7.05 Å². The first kappa shape index (κ1) is 25.0. The van der Waals surface area contributed by atoms with Crippen LogP contribution < -0.4 is 15.4 Å². The molecule has 3 aromatic rings. The molecule has 0 unspecified atom stereocenters. The molecule has 1 aromatic heterocycles. The Labute approximate surface area is 211 Å². The largest absolute Gasteiger partial charge is 0.497 e. The van der Waals surface area contributed by atoms with Crippen LogP contribution in [0.4, 0.5) is 5.69 Å². The second kappa shape index (κ2) is 11.5. The standard InChI is InChI=1S/C23H26IN5O3S/c1-14-9-17(24)10-15(2)22(14)26-21(31)13-33-23-28-27-19(29(23)3)12-25-20(30)11-16-5-7-18(32-4)8-6-16/h5-10H,11-13H2,1-4H3,(H,25,30)(H,26,31). The van der Waals surface area contributed by atoms with Crippen LogP contribution >= 0.6 is 34.4 Å². The molecule has 2 aromatic carbocycles. The number of amides is 2. The second-order valence-corrected chi connectivity index (χ2v) is 9.70. The number of ether oxygens (including phenoxy) is 1. The number of thioether (sulfide) groups is 1. The smallest absolute Gasteiger partial charge is 0.234 e. The molecule has 0 radical (unpaired) electrons. The lowest BCUT2D eigenvalue weighted by molar-refractivity contribution is -0.120. The maximum atomic E-state index is 12.5. The molecule has 174 valence electrons. The van der Waals surface area contributed by atoms with E-state index in [2.05, 4.69) is 43.4 Å². The highest BCUT2D eigenvalue weighted by Gasteiger charge is 2.14. The summed E-state index contributed by atoms with van der Waals surface area (Å²) in [6.07, 6.45) is 0.265.